The molecule has 18 heavy (non-hydrogen) atoms. The molecule has 0 spiro atoms. The second-order valence-corrected chi connectivity index (χ2v) is 5.82. The maximum absolute atomic E-state index is 5.96. The zero-order valence-electron chi connectivity index (χ0n) is 10.4. The molecule has 0 aliphatic carbocycles. The minimum atomic E-state index is 0.551. The van der Waals surface area contributed by atoms with Crippen molar-refractivity contribution in [3.8, 4) is 0 Å². The standard InChI is InChI=1S/C14H18N2OS/c15-9-12-11-3-1-2-4-13(11)17-14(12)10-16-5-7-18-8-6-16/h1-4H,5-10,15H2. The van der Waals surface area contributed by atoms with Crippen molar-refractivity contribution < 1.29 is 4.42 Å². The second kappa shape index (κ2) is 5.34. The van der Waals surface area contributed by atoms with Crippen LogP contribution in [0.5, 0.6) is 0 Å². The van der Waals surface area contributed by atoms with Crippen LogP contribution in [-0.2, 0) is 13.1 Å². The number of hydrogen-bond donors (Lipinski definition) is 1. The Bertz CT molecular complexity index is 532. The lowest BCUT2D eigenvalue weighted by Gasteiger charge is -2.25. The third-order valence-corrected chi connectivity index (χ3v) is 4.40. The monoisotopic (exact) mass is 262 g/mol. The molecular weight excluding hydrogens is 244 g/mol. The summed E-state index contributed by atoms with van der Waals surface area (Å²) in [5.74, 6) is 3.49. The van der Waals surface area contributed by atoms with E-state index in [4.69, 9.17) is 10.2 Å². The fourth-order valence-electron chi connectivity index (χ4n) is 2.46. The van der Waals surface area contributed by atoms with E-state index < -0.39 is 0 Å². The number of nitrogens with zero attached hydrogens (tertiary/aromatic N) is 1. The van der Waals surface area contributed by atoms with E-state index in [1.54, 1.807) is 0 Å². The number of thioether (sulfide) groups is 1. The van der Waals surface area contributed by atoms with E-state index in [-0.39, 0.29) is 0 Å². The lowest BCUT2D eigenvalue weighted by Crippen LogP contribution is -2.32. The van der Waals surface area contributed by atoms with Crippen molar-refractivity contribution in [3.63, 3.8) is 0 Å². The summed E-state index contributed by atoms with van der Waals surface area (Å²) in [6, 6.07) is 8.16. The Morgan fingerprint density at radius 3 is 2.78 bits per heavy atom. The minimum absolute atomic E-state index is 0.551. The molecule has 1 aliphatic heterocycles. The number of para-hydroxylation sites is 1. The SMILES string of the molecule is NCc1c(CN2CCSCC2)oc2ccccc12. The van der Waals surface area contributed by atoms with Gasteiger partial charge >= 0.3 is 0 Å². The van der Waals surface area contributed by atoms with E-state index in [1.807, 2.05) is 30.0 Å². The quantitative estimate of drug-likeness (QED) is 0.922. The van der Waals surface area contributed by atoms with Gasteiger partial charge in [-0.05, 0) is 6.07 Å². The van der Waals surface area contributed by atoms with Crippen LogP contribution in [0.3, 0.4) is 0 Å². The molecule has 0 saturated carbocycles. The number of fused-ring (bicyclic) bond motifs is 1. The number of furan rings is 1. The van der Waals surface area contributed by atoms with Crippen LogP contribution in [0, 0.1) is 0 Å². The predicted octanol–water partition coefficient (Wildman–Crippen LogP) is 2.44. The molecule has 0 bridgehead atoms. The van der Waals surface area contributed by atoms with Crippen molar-refractivity contribution in [2.45, 2.75) is 13.1 Å². The summed E-state index contributed by atoms with van der Waals surface area (Å²) in [7, 11) is 0. The van der Waals surface area contributed by atoms with E-state index in [0.29, 0.717) is 6.54 Å². The van der Waals surface area contributed by atoms with Crippen LogP contribution >= 0.6 is 11.8 Å². The van der Waals surface area contributed by atoms with Crippen molar-refractivity contribution >= 4 is 22.7 Å². The van der Waals surface area contributed by atoms with Crippen LogP contribution in [0.15, 0.2) is 28.7 Å². The fourth-order valence-corrected chi connectivity index (χ4v) is 3.44. The van der Waals surface area contributed by atoms with Crippen molar-refractivity contribution in [1.29, 1.82) is 0 Å². The first-order valence-electron chi connectivity index (χ1n) is 6.38. The van der Waals surface area contributed by atoms with Crippen molar-refractivity contribution in [3.05, 3.63) is 35.6 Å². The molecule has 1 aromatic carbocycles. The molecule has 0 unspecified atom stereocenters. The Balaban J connectivity index is 1.90. The number of rotatable bonds is 3. The zero-order chi connectivity index (χ0) is 12.4. The molecule has 1 saturated heterocycles. The summed E-state index contributed by atoms with van der Waals surface area (Å²) in [6.45, 7) is 3.73. The second-order valence-electron chi connectivity index (χ2n) is 4.59. The molecule has 1 fully saturated rings. The maximum atomic E-state index is 5.96. The third-order valence-electron chi connectivity index (χ3n) is 3.46. The Hall–Kier alpha value is -0.970. The van der Waals surface area contributed by atoms with Crippen LogP contribution in [0.4, 0.5) is 0 Å². The van der Waals surface area contributed by atoms with Gasteiger partial charge in [0.15, 0.2) is 0 Å². The molecule has 96 valence electrons. The topological polar surface area (TPSA) is 42.4 Å². The van der Waals surface area contributed by atoms with Gasteiger partial charge in [0.05, 0.1) is 6.54 Å². The van der Waals surface area contributed by atoms with E-state index in [1.165, 1.54) is 22.5 Å². The molecular formula is C14H18N2OS. The normalized spacial score (nSPS) is 17.4. The van der Waals surface area contributed by atoms with Crippen molar-refractivity contribution in [2.24, 2.45) is 5.73 Å². The highest BCUT2D eigenvalue weighted by Gasteiger charge is 2.17. The highest BCUT2D eigenvalue weighted by molar-refractivity contribution is 7.99. The lowest BCUT2D eigenvalue weighted by atomic mass is 10.1. The Kier molecular flexibility index (Phi) is 3.59. The Morgan fingerprint density at radius 2 is 2.00 bits per heavy atom. The summed E-state index contributed by atoms with van der Waals surface area (Å²) in [5.41, 5.74) is 8.01. The molecule has 0 atom stereocenters. The first kappa shape index (κ1) is 12.1. The van der Waals surface area contributed by atoms with Crippen LogP contribution in [-0.4, -0.2) is 29.5 Å². The van der Waals surface area contributed by atoms with Crippen LogP contribution in [0.2, 0.25) is 0 Å². The van der Waals surface area contributed by atoms with Gasteiger partial charge in [-0.3, -0.25) is 4.90 Å². The third kappa shape index (κ3) is 2.28. The molecule has 3 nitrogen and oxygen atoms in total. The van der Waals surface area contributed by atoms with E-state index >= 15 is 0 Å². The van der Waals surface area contributed by atoms with Crippen LogP contribution in [0.25, 0.3) is 11.0 Å². The lowest BCUT2D eigenvalue weighted by molar-refractivity contribution is 0.270. The van der Waals surface area contributed by atoms with Gasteiger partial charge in [0.2, 0.25) is 0 Å². The number of hydrogen-bond acceptors (Lipinski definition) is 4. The molecule has 2 aromatic rings. The summed E-state index contributed by atoms with van der Waals surface area (Å²) >= 11 is 2.03. The maximum Gasteiger partial charge on any atom is 0.134 e. The Morgan fingerprint density at radius 1 is 1.22 bits per heavy atom. The summed E-state index contributed by atoms with van der Waals surface area (Å²) < 4.78 is 5.96. The average molecular weight is 262 g/mol. The largest absolute Gasteiger partial charge is 0.459 e. The van der Waals surface area contributed by atoms with Gasteiger partial charge < -0.3 is 10.2 Å². The van der Waals surface area contributed by atoms with Crippen molar-refractivity contribution in [2.75, 3.05) is 24.6 Å². The van der Waals surface area contributed by atoms with Gasteiger partial charge in [-0.1, -0.05) is 18.2 Å². The first-order chi connectivity index (χ1) is 8.88. The first-order valence-corrected chi connectivity index (χ1v) is 7.53. The highest BCUT2D eigenvalue weighted by atomic mass is 32.2. The van der Waals surface area contributed by atoms with Gasteiger partial charge in [0.25, 0.3) is 0 Å². The molecule has 3 rings (SSSR count). The summed E-state index contributed by atoms with van der Waals surface area (Å²) in [4.78, 5) is 2.45. The number of nitrogens with two attached hydrogens (primary N) is 1. The van der Waals surface area contributed by atoms with Gasteiger partial charge in [-0.2, -0.15) is 11.8 Å². The zero-order valence-corrected chi connectivity index (χ0v) is 11.2. The van der Waals surface area contributed by atoms with E-state index in [2.05, 4.69) is 11.0 Å². The molecule has 1 aromatic heterocycles. The fraction of sp³-hybridized carbons (Fsp3) is 0.429. The van der Waals surface area contributed by atoms with Gasteiger partial charge in [-0.25, -0.2) is 0 Å². The van der Waals surface area contributed by atoms with Crippen molar-refractivity contribution in [1.82, 2.24) is 4.90 Å². The van der Waals surface area contributed by atoms with E-state index in [0.717, 1.165) is 31.0 Å². The summed E-state index contributed by atoms with van der Waals surface area (Å²) in [5, 5.41) is 1.17. The average Bonchev–Trinajstić information content (AvgIpc) is 2.77. The minimum Gasteiger partial charge on any atom is -0.459 e. The van der Waals surface area contributed by atoms with E-state index in [9.17, 15) is 0 Å². The molecule has 4 heteroatoms. The predicted molar refractivity (Wildman–Crippen MR) is 76.7 cm³/mol. The molecule has 2 N–H and O–H groups in total. The molecule has 2 heterocycles. The van der Waals surface area contributed by atoms with Gasteiger partial charge in [-0.15, -0.1) is 0 Å². The summed E-state index contributed by atoms with van der Waals surface area (Å²) in [6.07, 6.45) is 0. The van der Waals surface area contributed by atoms with Crippen LogP contribution < -0.4 is 5.73 Å². The van der Waals surface area contributed by atoms with Crippen LogP contribution in [0.1, 0.15) is 11.3 Å². The molecule has 0 radical (unpaired) electrons. The van der Waals surface area contributed by atoms with Gasteiger partial charge in [0, 0.05) is 42.1 Å². The number of benzene rings is 1. The highest BCUT2D eigenvalue weighted by Crippen LogP contribution is 2.27. The Labute approximate surface area is 111 Å². The van der Waals surface area contributed by atoms with Gasteiger partial charge in [0.1, 0.15) is 11.3 Å². The molecule has 0 amide bonds. The smallest absolute Gasteiger partial charge is 0.134 e. The molecule has 1 aliphatic rings.